The molecule has 2 aliphatic carbocycles. The Kier molecular flexibility index (Phi) is 5.23. The van der Waals surface area contributed by atoms with Crippen LogP contribution in [0.2, 0.25) is 0 Å². The van der Waals surface area contributed by atoms with Crippen LogP contribution in [0.5, 0.6) is 0 Å². The average Bonchev–Trinajstić information content (AvgIpc) is 2.48. The Labute approximate surface area is 121 Å². The zero-order valence-corrected chi connectivity index (χ0v) is 12.3. The minimum atomic E-state index is -0.258. The molecule has 0 aromatic rings. The molecule has 114 valence electrons. The molecule has 6 heteroatoms. The Bertz CT molecular complexity index is 326. The van der Waals surface area contributed by atoms with Crippen LogP contribution < -0.4 is 11.6 Å². The fourth-order valence-electron chi connectivity index (χ4n) is 3.60. The highest BCUT2D eigenvalue weighted by molar-refractivity contribution is 5.94. The largest absolute Gasteiger partial charge is 0.369 e. The van der Waals surface area contributed by atoms with Crippen LogP contribution in [0, 0.1) is 10.8 Å². The summed E-state index contributed by atoms with van der Waals surface area (Å²) in [6, 6.07) is 0.787. The number of hydrogen-bond acceptors (Lipinski definition) is 3. The average molecular weight is 280 g/mol. The fraction of sp³-hybridized carbons (Fsp3) is 0.857. The summed E-state index contributed by atoms with van der Waals surface area (Å²) in [5, 5.41) is 16.8. The first-order valence-electron chi connectivity index (χ1n) is 7.87. The lowest BCUT2D eigenvalue weighted by atomic mass is 9.89. The number of nitrogens with zero attached hydrogens (tertiary/aromatic N) is 2. The molecular weight excluding hydrogens is 252 g/mol. The Balaban J connectivity index is 2.13. The van der Waals surface area contributed by atoms with Gasteiger partial charge in [-0.15, -0.1) is 0 Å². The van der Waals surface area contributed by atoms with E-state index in [1.54, 1.807) is 0 Å². The van der Waals surface area contributed by atoms with Crippen LogP contribution in [0.25, 0.3) is 0 Å². The van der Waals surface area contributed by atoms with Gasteiger partial charge in [0.05, 0.1) is 0 Å². The van der Waals surface area contributed by atoms with Gasteiger partial charge in [0, 0.05) is 12.1 Å². The second kappa shape index (κ2) is 6.92. The van der Waals surface area contributed by atoms with Crippen molar-refractivity contribution < 1.29 is 0 Å². The lowest BCUT2D eigenvalue weighted by Gasteiger charge is -2.44. The summed E-state index contributed by atoms with van der Waals surface area (Å²) in [5.41, 5.74) is 5.45. The van der Waals surface area contributed by atoms with Crippen molar-refractivity contribution >= 4 is 11.9 Å². The molecule has 2 aliphatic rings. The van der Waals surface area contributed by atoms with E-state index in [0.717, 1.165) is 30.7 Å². The summed E-state index contributed by atoms with van der Waals surface area (Å²) < 4.78 is 0. The molecule has 0 saturated heterocycles. The minimum Gasteiger partial charge on any atom is -0.369 e. The normalized spacial score (nSPS) is 21.4. The van der Waals surface area contributed by atoms with Gasteiger partial charge in [-0.05, 0) is 25.7 Å². The molecule has 0 radical (unpaired) electrons. The fourth-order valence-corrected chi connectivity index (χ4v) is 3.60. The molecule has 6 N–H and O–H groups in total. The van der Waals surface area contributed by atoms with E-state index >= 15 is 0 Å². The molecule has 0 aromatic carbocycles. The number of hydrazine groups is 1. The zero-order chi connectivity index (χ0) is 14.5. The van der Waals surface area contributed by atoms with Gasteiger partial charge in [0.15, 0.2) is 0 Å². The topological polar surface area (TPSA) is 106 Å². The Morgan fingerprint density at radius 3 is 1.55 bits per heavy atom. The molecule has 20 heavy (non-hydrogen) atoms. The molecule has 2 rings (SSSR count). The molecule has 0 aliphatic heterocycles. The highest BCUT2D eigenvalue weighted by Crippen LogP contribution is 2.30. The highest BCUT2D eigenvalue weighted by atomic mass is 15.5. The SMILES string of the molecule is N=C(N)N(N)C(=N)N(C1CCCCC1)C1CCCCC1. The van der Waals surface area contributed by atoms with Gasteiger partial charge in [-0.3, -0.25) is 10.8 Å². The summed E-state index contributed by atoms with van der Waals surface area (Å²) in [7, 11) is 0. The predicted octanol–water partition coefficient (Wildman–Crippen LogP) is 1.96. The third-order valence-electron chi connectivity index (χ3n) is 4.67. The van der Waals surface area contributed by atoms with Crippen molar-refractivity contribution in [3.8, 4) is 0 Å². The van der Waals surface area contributed by atoms with Crippen molar-refractivity contribution in [2.75, 3.05) is 0 Å². The quantitative estimate of drug-likeness (QED) is 0.268. The molecule has 0 heterocycles. The summed E-state index contributed by atoms with van der Waals surface area (Å²) >= 11 is 0. The summed E-state index contributed by atoms with van der Waals surface area (Å²) in [6.07, 6.45) is 12.0. The monoisotopic (exact) mass is 280 g/mol. The van der Waals surface area contributed by atoms with E-state index in [-0.39, 0.29) is 11.9 Å². The number of hydrogen-bond donors (Lipinski definition) is 4. The Morgan fingerprint density at radius 2 is 1.20 bits per heavy atom. The van der Waals surface area contributed by atoms with Crippen molar-refractivity contribution in [3.63, 3.8) is 0 Å². The van der Waals surface area contributed by atoms with Crippen molar-refractivity contribution in [1.82, 2.24) is 9.91 Å². The smallest absolute Gasteiger partial charge is 0.216 e. The lowest BCUT2D eigenvalue weighted by Crippen LogP contribution is -2.59. The van der Waals surface area contributed by atoms with Crippen LogP contribution >= 0.6 is 0 Å². The first kappa shape index (κ1) is 15.1. The summed E-state index contributed by atoms with van der Waals surface area (Å²) in [4.78, 5) is 2.17. The molecular formula is C14H28N6. The van der Waals surface area contributed by atoms with Crippen LogP contribution in [0.4, 0.5) is 0 Å². The van der Waals surface area contributed by atoms with Gasteiger partial charge < -0.3 is 10.6 Å². The van der Waals surface area contributed by atoms with Crippen LogP contribution in [0.3, 0.4) is 0 Å². The molecule has 2 fully saturated rings. The molecule has 0 amide bonds. The zero-order valence-electron chi connectivity index (χ0n) is 12.3. The number of guanidine groups is 2. The van der Waals surface area contributed by atoms with E-state index < -0.39 is 0 Å². The van der Waals surface area contributed by atoms with E-state index in [4.69, 9.17) is 22.4 Å². The molecule has 0 atom stereocenters. The van der Waals surface area contributed by atoms with E-state index in [2.05, 4.69) is 4.90 Å². The molecule has 6 nitrogen and oxygen atoms in total. The van der Waals surface area contributed by atoms with Crippen LogP contribution in [-0.4, -0.2) is 33.9 Å². The molecule has 0 bridgehead atoms. The first-order valence-corrected chi connectivity index (χ1v) is 7.87. The maximum atomic E-state index is 8.36. The molecule has 2 saturated carbocycles. The van der Waals surface area contributed by atoms with Gasteiger partial charge in [0.25, 0.3) is 0 Å². The van der Waals surface area contributed by atoms with Crippen molar-refractivity contribution in [2.24, 2.45) is 11.6 Å². The third kappa shape index (κ3) is 3.42. The standard InChI is InChI=1S/C14H28N6/c15-13(16)20(18)14(17)19(11-7-3-1-4-8-11)12-9-5-2-6-10-12/h11-12,17H,1-10,18H2,(H3,15,16). The number of rotatable bonds is 2. The van der Waals surface area contributed by atoms with Crippen molar-refractivity contribution in [1.29, 1.82) is 10.8 Å². The Morgan fingerprint density at radius 1 is 0.800 bits per heavy atom. The van der Waals surface area contributed by atoms with Crippen LogP contribution in [0.15, 0.2) is 0 Å². The Hall–Kier alpha value is -1.30. The van der Waals surface area contributed by atoms with Crippen molar-refractivity contribution in [3.05, 3.63) is 0 Å². The second-order valence-corrected chi connectivity index (χ2v) is 6.07. The van der Waals surface area contributed by atoms with Gasteiger partial charge in [-0.25, -0.2) is 10.9 Å². The second-order valence-electron chi connectivity index (χ2n) is 6.07. The number of nitrogens with one attached hydrogen (secondary N) is 2. The van der Waals surface area contributed by atoms with Gasteiger partial charge in [0.1, 0.15) is 0 Å². The van der Waals surface area contributed by atoms with Gasteiger partial charge >= 0.3 is 0 Å². The molecule has 0 spiro atoms. The van der Waals surface area contributed by atoms with E-state index in [0.29, 0.717) is 12.1 Å². The van der Waals surface area contributed by atoms with E-state index in [9.17, 15) is 0 Å². The molecule has 0 aromatic heterocycles. The third-order valence-corrected chi connectivity index (χ3v) is 4.67. The predicted molar refractivity (Wildman–Crippen MR) is 81.3 cm³/mol. The van der Waals surface area contributed by atoms with E-state index in [1.165, 1.54) is 38.5 Å². The van der Waals surface area contributed by atoms with E-state index in [1.807, 2.05) is 0 Å². The summed E-state index contributed by atoms with van der Waals surface area (Å²) in [5.74, 6) is 5.74. The minimum absolute atomic E-state index is 0.205. The van der Waals surface area contributed by atoms with Gasteiger partial charge in [0.2, 0.25) is 11.9 Å². The van der Waals surface area contributed by atoms with Crippen molar-refractivity contribution in [2.45, 2.75) is 76.3 Å². The van der Waals surface area contributed by atoms with Gasteiger partial charge in [-0.1, -0.05) is 38.5 Å². The lowest BCUT2D eigenvalue weighted by molar-refractivity contribution is 0.143. The van der Waals surface area contributed by atoms with Crippen LogP contribution in [-0.2, 0) is 0 Å². The molecule has 0 unspecified atom stereocenters. The number of nitrogens with two attached hydrogens (primary N) is 2. The maximum absolute atomic E-state index is 8.36. The van der Waals surface area contributed by atoms with Gasteiger partial charge in [-0.2, -0.15) is 0 Å². The first-order chi connectivity index (χ1) is 9.61. The highest BCUT2D eigenvalue weighted by Gasteiger charge is 2.32. The summed E-state index contributed by atoms with van der Waals surface area (Å²) in [6.45, 7) is 0. The maximum Gasteiger partial charge on any atom is 0.216 e. The van der Waals surface area contributed by atoms with Crippen LogP contribution in [0.1, 0.15) is 64.2 Å².